The van der Waals surface area contributed by atoms with Gasteiger partial charge in [0.05, 0.1) is 24.1 Å². The molecular weight excluding hydrogens is 312 g/mol. The Hall–Kier alpha value is -2.41. The van der Waals surface area contributed by atoms with Crippen molar-refractivity contribution >= 4 is 23.6 Å². The van der Waals surface area contributed by atoms with Gasteiger partial charge in [-0.3, -0.25) is 0 Å². The lowest BCUT2D eigenvalue weighted by Crippen LogP contribution is -2.46. The van der Waals surface area contributed by atoms with Gasteiger partial charge in [-0.2, -0.15) is 0 Å². The molecule has 0 aliphatic carbocycles. The van der Waals surface area contributed by atoms with E-state index in [0.717, 1.165) is 0 Å². The van der Waals surface area contributed by atoms with Crippen molar-refractivity contribution in [3.63, 3.8) is 0 Å². The van der Waals surface area contributed by atoms with Gasteiger partial charge in [-0.25, -0.2) is 9.59 Å². The summed E-state index contributed by atoms with van der Waals surface area (Å²) < 4.78 is 5.00. The third-order valence-electron chi connectivity index (χ3n) is 3.12. The number of hydrogen-bond donors (Lipinski definition) is 4. The average molecular weight is 327 g/mol. The lowest BCUT2D eigenvalue weighted by molar-refractivity contribution is -0.139. The molecule has 8 heteroatoms. The van der Waals surface area contributed by atoms with Crippen LogP contribution in [0.5, 0.6) is 11.5 Å². The van der Waals surface area contributed by atoms with Crippen LogP contribution in [0.1, 0.15) is 18.5 Å². The van der Waals surface area contributed by atoms with Crippen molar-refractivity contribution in [1.29, 1.82) is 0 Å². The van der Waals surface area contributed by atoms with Gasteiger partial charge in [0.15, 0.2) is 11.5 Å². The minimum atomic E-state index is -0.840. The second-order valence-electron chi connectivity index (χ2n) is 4.53. The van der Waals surface area contributed by atoms with Crippen molar-refractivity contribution in [2.75, 3.05) is 12.5 Å². The molecule has 1 aromatic rings. The molecule has 7 nitrogen and oxygen atoms in total. The maximum Gasteiger partial charge on any atom is 0.338 e. The number of amides is 2. The molecule has 0 aromatic heterocycles. The molecule has 1 aliphatic heterocycles. The zero-order chi connectivity index (χ0) is 16.3. The Morgan fingerprint density at radius 3 is 2.68 bits per heavy atom. The van der Waals surface area contributed by atoms with Crippen LogP contribution in [-0.4, -0.2) is 34.7 Å². The monoisotopic (exact) mass is 326 g/mol. The highest BCUT2D eigenvalue weighted by Crippen LogP contribution is 2.33. The first-order chi connectivity index (χ1) is 10.5. The van der Waals surface area contributed by atoms with E-state index in [-0.39, 0.29) is 35.3 Å². The molecule has 22 heavy (non-hydrogen) atoms. The number of ether oxygens (including phenoxy) is 1. The molecular formula is C14H15ClN2O5. The van der Waals surface area contributed by atoms with Gasteiger partial charge in [-0.1, -0.05) is 6.07 Å². The van der Waals surface area contributed by atoms with Crippen molar-refractivity contribution in [2.45, 2.75) is 13.0 Å². The lowest BCUT2D eigenvalue weighted by Gasteiger charge is -2.28. The number of aromatic hydroxyl groups is 2. The average Bonchev–Trinajstić information content (AvgIpc) is 2.49. The molecule has 4 N–H and O–H groups in total. The maximum absolute atomic E-state index is 12.2. The number of hydrogen-bond acceptors (Lipinski definition) is 5. The number of alkyl halides is 1. The van der Waals surface area contributed by atoms with E-state index in [0.29, 0.717) is 5.56 Å². The van der Waals surface area contributed by atoms with Crippen LogP contribution in [0.3, 0.4) is 0 Å². The largest absolute Gasteiger partial charge is 0.504 e. The fraction of sp³-hybridized carbons (Fsp3) is 0.286. The summed E-state index contributed by atoms with van der Waals surface area (Å²) in [7, 11) is 0. The van der Waals surface area contributed by atoms with Crippen LogP contribution in [0.15, 0.2) is 29.5 Å². The highest BCUT2D eigenvalue weighted by molar-refractivity contribution is 6.20. The summed E-state index contributed by atoms with van der Waals surface area (Å²) in [6.07, 6.45) is 0. The van der Waals surface area contributed by atoms with Crippen LogP contribution in [0.4, 0.5) is 4.79 Å². The zero-order valence-electron chi connectivity index (χ0n) is 11.7. The molecule has 0 spiro atoms. The van der Waals surface area contributed by atoms with E-state index < -0.39 is 18.0 Å². The van der Waals surface area contributed by atoms with Crippen LogP contribution < -0.4 is 10.6 Å². The van der Waals surface area contributed by atoms with E-state index in [2.05, 4.69) is 10.6 Å². The summed E-state index contributed by atoms with van der Waals surface area (Å²) in [5.41, 5.74) is 0.804. The molecule has 0 fully saturated rings. The van der Waals surface area contributed by atoms with Gasteiger partial charge >= 0.3 is 12.0 Å². The third kappa shape index (κ3) is 3.09. The second-order valence-corrected chi connectivity index (χ2v) is 4.79. The normalized spacial score (nSPS) is 17.7. The minimum absolute atomic E-state index is 0.0812. The number of carbonyl (C=O) groups is 2. The molecule has 2 amide bonds. The van der Waals surface area contributed by atoms with Gasteiger partial charge in [0.25, 0.3) is 0 Å². The fourth-order valence-corrected chi connectivity index (χ4v) is 2.35. The molecule has 0 radical (unpaired) electrons. The van der Waals surface area contributed by atoms with E-state index in [4.69, 9.17) is 16.3 Å². The molecule has 0 unspecified atom stereocenters. The molecule has 1 aromatic carbocycles. The number of allylic oxidation sites excluding steroid dienone is 1. The van der Waals surface area contributed by atoms with Gasteiger partial charge in [0, 0.05) is 5.70 Å². The van der Waals surface area contributed by atoms with Gasteiger partial charge < -0.3 is 25.6 Å². The van der Waals surface area contributed by atoms with Crippen LogP contribution in [0.25, 0.3) is 0 Å². The van der Waals surface area contributed by atoms with E-state index in [1.165, 1.54) is 18.2 Å². The van der Waals surface area contributed by atoms with E-state index >= 15 is 0 Å². The predicted octanol–water partition coefficient (Wildman–Crippen LogP) is 1.51. The molecule has 0 saturated carbocycles. The Balaban J connectivity index is 2.51. The highest BCUT2D eigenvalue weighted by atomic mass is 35.5. The summed E-state index contributed by atoms with van der Waals surface area (Å²) in [4.78, 5) is 23.9. The summed E-state index contributed by atoms with van der Waals surface area (Å²) in [5.74, 6) is -1.37. The number of phenolic OH excluding ortho intramolecular Hbond substituents is 2. The fourth-order valence-electron chi connectivity index (χ4n) is 2.14. The van der Waals surface area contributed by atoms with Crippen molar-refractivity contribution < 1.29 is 24.5 Å². The number of rotatable bonds is 4. The van der Waals surface area contributed by atoms with Gasteiger partial charge in [-0.05, 0) is 24.6 Å². The molecule has 118 valence electrons. The Labute approximate surface area is 131 Å². The third-order valence-corrected chi connectivity index (χ3v) is 3.38. The van der Waals surface area contributed by atoms with Gasteiger partial charge in [0.2, 0.25) is 0 Å². The number of nitrogens with one attached hydrogen (secondary N) is 2. The van der Waals surface area contributed by atoms with E-state index in [9.17, 15) is 19.8 Å². The standard InChI is InChI=1S/C14H15ClN2O5/c1-2-22-13(20)11-8(6-15)16-14(21)17-12(11)7-3-4-9(18)10(19)5-7/h3-5,12,18-19H,2,6H2,1H3,(H2,16,17,21)/t12-/m1/s1. The van der Waals surface area contributed by atoms with Crippen LogP contribution in [0, 0.1) is 0 Å². The van der Waals surface area contributed by atoms with Crippen LogP contribution in [-0.2, 0) is 9.53 Å². The molecule has 1 heterocycles. The summed E-state index contributed by atoms with van der Waals surface area (Å²) in [6, 6.07) is 2.64. The van der Waals surface area contributed by atoms with Crippen molar-refractivity contribution in [3.8, 4) is 11.5 Å². The SMILES string of the molecule is CCOC(=O)C1=C(CCl)NC(=O)N[C@@H]1c1ccc(O)c(O)c1. The summed E-state index contributed by atoms with van der Waals surface area (Å²) in [6.45, 7) is 1.83. The Morgan fingerprint density at radius 1 is 1.36 bits per heavy atom. The van der Waals surface area contributed by atoms with Crippen molar-refractivity contribution in [1.82, 2.24) is 10.6 Å². The number of urea groups is 1. The maximum atomic E-state index is 12.2. The molecule has 2 rings (SSSR count). The molecule has 1 aliphatic rings. The Kier molecular flexibility index (Phi) is 4.77. The number of esters is 1. The molecule has 0 saturated heterocycles. The quantitative estimate of drug-likeness (QED) is 0.381. The molecule has 1 atom stereocenters. The second kappa shape index (κ2) is 6.57. The lowest BCUT2D eigenvalue weighted by atomic mass is 9.95. The predicted molar refractivity (Wildman–Crippen MR) is 78.6 cm³/mol. The first-order valence-electron chi connectivity index (χ1n) is 6.53. The first kappa shape index (κ1) is 16.0. The van der Waals surface area contributed by atoms with Gasteiger partial charge in [-0.15, -0.1) is 11.6 Å². The summed E-state index contributed by atoms with van der Waals surface area (Å²) in [5, 5.41) is 24.0. The number of benzene rings is 1. The minimum Gasteiger partial charge on any atom is -0.504 e. The highest BCUT2D eigenvalue weighted by Gasteiger charge is 2.33. The first-order valence-corrected chi connectivity index (χ1v) is 7.06. The Morgan fingerprint density at radius 2 is 2.09 bits per heavy atom. The topological polar surface area (TPSA) is 108 Å². The van der Waals surface area contributed by atoms with Crippen LogP contribution in [0.2, 0.25) is 0 Å². The Bertz CT molecular complexity index is 644. The summed E-state index contributed by atoms with van der Waals surface area (Å²) >= 11 is 5.80. The number of halogens is 1. The number of carbonyl (C=O) groups excluding carboxylic acids is 2. The molecule has 0 bridgehead atoms. The van der Waals surface area contributed by atoms with Crippen LogP contribution >= 0.6 is 11.6 Å². The zero-order valence-corrected chi connectivity index (χ0v) is 12.5. The van der Waals surface area contributed by atoms with Crippen molar-refractivity contribution in [2.24, 2.45) is 0 Å². The van der Waals surface area contributed by atoms with Crippen molar-refractivity contribution in [3.05, 3.63) is 35.0 Å². The van der Waals surface area contributed by atoms with E-state index in [1.807, 2.05) is 0 Å². The van der Waals surface area contributed by atoms with Gasteiger partial charge in [0.1, 0.15) is 0 Å². The smallest absolute Gasteiger partial charge is 0.338 e. The van der Waals surface area contributed by atoms with E-state index in [1.54, 1.807) is 6.92 Å². The number of phenols is 2.